The zero-order valence-electron chi connectivity index (χ0n) is 13.8. The van der Waals surface area contributed by atoms with Gasteiger partial charge in [0.05, 0.1) is 19.0 Å². The van der Waals surface area contributed by atoms with Crippen LogP contribution in [-0.4, -0.2) is 32.3 Å². The topological polar surface area (TPSA) is 97.2 Å². The maximum Gasteiger partial charge on any atom is 0.237 e. The number of carbonyl (C=O) groups is 1. The fourth-order valence-corrected chi connectivity index (χ4v) is 3.08. The van der Waals surface area contributed by atoms with Crippen molar-refractivity contribution in [3.05, 3.63) is 35.9 Å². The number of benzene rings is 1. The van der Waals surface area contributed by atoms with Crippen LogP contribution >= 0.6 is 0 Å². The largest absolute Gasteiger partial charge is 0.376 e. The van der Waals surface area contributed by atoms with Crippen molar-refractivity contribution in [2.24, 2.45) is 10.2 Å². The van der Waals surface area contributed by atoms with Crippen molar-refractivity contribution >= 4 is 15.9 Å². The maximum atomic E-state index is 11.9. The van der Waals surface area contributed by atoms with Crippen LogP contribution in [0.25, 0.3) is 0 Å². The second kappa shape index (κ2) is 8.74. The first-order valence-electron chi connectivity index (χ1n) is 7.97. The number of rotatable bonds is 11. The molecule has 0 unspecified atom stereocenters. The molecule has 1 aromatic rings. The Labute approximate surface area is 147 Å². The van der Waals surface area contributed by atoms with Crippen molar-refractivity contribution in [1.82, 2.24) is 4.72 Å². The summed E-state index contributed by atoms with van der Waals surface area (Å²) in [5, 5.41) is 7.82. The van der Waals surface area contributed by atoms with Gasteiger partial charge in [0.1, 0.15) is 0 Å². The van der Waals surface area contributed by atoms with Crippen LogP contribution in [0.4, 0.5) is 0 Å². The van der Waals surface area contributed by atoms with Gasteiger partial charge in [0.2, 0.25) is 15.9 Å². The number of hydrogen-bond donors (Lipinski definition) is 1. The number of amides is 1. The average molecular weight is 363 g/mol. The van der Waals surface area contributed by atoms with Crippen molar-refractivity contribution in [3.63, 3.8) is 0 Å². The molecular formula is C17H21N3O4S. The Kier molecular flexibility index (Phi) is 6.67. The minimum Gasteiger partial charge on any atom is -0.376 e. The lowest BCUT2D eigenvalue weighted by atomic mass is 10.0. The van der Waals surface area contributed by atoms with Crippen LogP contribution < -0.4 is 4.72 Å². The Balaban J connectivity index is 1.64. The van der Waals surface area contributed by atoms with Crippen molar-refractivity contribution < 1.29 is 17.9 Å². The second-order valence-corrected chi connectivity index (χ2v) is 7.61. The molecule has 0 bridgehead atoms. The molecule has 0 saturated carbocycles. The van der Waals surface area contributed by atoms with E-state index in [0.717, 1.165) is 5.56 Å². The lowest BCUT2D eigenvalue weighted by Crippen LogP contribution is -2.34. The molecule has 0 fully saturated rings. The maximum absolute atomic E-state index is 11.9. The number of nitrogens with one attached hydrogen (secondary N) is 1. The summed E-state index contributed by atoms with van der Waals surface area (Å²) in [7, 11) is -3.72. The van der Waals surface area contributed by atoms with Crippen LogP contribution in [0.3, 0.4) is 0 Å². The van der Waals surface area contributed by atoms with E-state index in [2.05, 4.69) is 16.1 Å². The molecule has 8 heteroatoms. The molecule has 0 atom stereocenters. The van der Waals surface area contributed by atoms with Gasteiger partial charge in [-0.15, -0.1) is 12.3 Å². The van der Waals surface area contributed by atoms with Gasteiger partial charge in [0.25, 0.3) is 0 Å². The third kappa shape index (κ3) is 7.03. The van der Waals surface area contributed by atoms with Crippen molar-refractivity contribution in [1.29, 1.82) is 0 Å². The molecule has 0 aliphatic carbocycles. The molecule has 2 rings (SSSR count). The van der Waals surface area contributed by atoms with Crippen LogP contribution in [0.5, 0.6) is 0 Å². The van der Waals surface area contributed by atoms with Gasteiger partial charge < -0.3 is 4.74 Å². The lowest BCUT2D eigenvalue weighted by molar-refractivity contribution is -0.119. The Bertz CT molecular complexity index is 748. The third-order valence-corrected chi connectivity index (χ3v) is 4.93. The van der Waals surface area contributed by atoms with Gasteiger partial charge in [-0.2, -0.15) is 10.2 Å². The average Bonchev–Trinajstić information content (AvgIpc) is 3.36. The molecule has 1 aliphatic heterocycles. The predicted molar refractivity (Wildman–Crippen MR) is 92.9 cm³/mol. The van der Waals surface area contributed by atoms with Gasteiger partial charge in [-0.1, -0.05) is 30.3 Å². The number of ether oxygens (including phenoxy) is 1. The van der Waals surface area contributed by atoms with Gasteiger partial charge >= 0.3 is 0 Å². The van der Waals surface area contributed by atoms with E-state index in [1.165, 1.54) is 0 Å². The minimum atomic E-state index is -3.72. The molecule has 1 amide bonds. The third-order valence-electron chi connectivity index (χ3n) is 3.68. The molecule has 0 aromatic heterocycles. The van der Waals surface area contributed by atoms with Gasteiger partial charge in [0.15, 0.2) is 5.66 Å². The van der Waals surface area contributed by atoms with E-state index in [0.29, 0.717) is 25.9 Å². The smallest absolute Gasteiger partial charge is 0.237 e. The van der Waals surface area contributed by atoms with E-state index < -0.39 is 21.6 Å². The standard InChI is InChI=1S/C17H21N3O4S/c1-2-3-10-17(19-20-17)11-9-16(21)18-25(22,23)13-12-24-14-15-7-5-4-6-8-15/h1,4-8H,3,9-14H2,(H,18,21). The fourth-order valence-electron chi connectivity index (χ4n) is 2.19. The van der Waals surface area contributed by atoms with E-state index in [-0.39, 0.29) is 18.8 Å². The highest BCUT2D eigenvalue weighted by Gasteiger charge is 2.39. The zero-order chi connectivity index (χ0) is 18.2. The van der Waals surface area contributed by atoms with E-state index in [9.17, 15) is 13.2 Å². The van der Waals surface area contributed by atoms with Gasteiger partial charge in [-0.25, -0.2) is 8.42 Å². The highest BCUT2D eigenvalue weighted by Crippen LogP contribution is 2.37. The number of sulfonamides is 1. The lowest BCUT2D eigenvalue weighted by Gasteiger charge is -2.10. The van der Waals surface area contributed by atoms with Gasteiger partial charge in [0, 0.05) is 25.7 Å². The SMILES string of the molecule is C#CCCC1(CCC(=O)NS(=O)(=O)CCOCc2ccccc2)N=N1. The van der Waals surface area contributed by atoms with Crippen molar-refractivity contribution in [2.45, 2.75) is 38.0 Å². The summed E-state index contributed by atoms with van der Waals surface area (Å²) < 4.78 is 31.1. The number of nitrogens with zero attached hydrogens (tertiary/aromatic N) is 2. The van der Waals surface area contributed by atoms with Crippen LogP contribution in [-0.2, 0) is 26.2 Å². The molecule has 1 N–H and O–H groups in total. The van der Waals surface area contributed by atoms with Crippen LogP contribution in [0.1, 0.15) is 31.2 Å². The molecule has 134 valence electrons. The van der Waals surface area contributed by atoms with E-state index >= 15 is 0 Å². The zero-order valence-corrected chi connectivity index (χ0v) is 14.7. The Hall–Kier alpha value is -2.24. The normalized spacial score (nSPS) is 14.7. The number of carbonyl (C=O) groups excluding carboxylic acids is 1. The fraction of sp³-hybridized carbons (Fsp3) is 0.471. The number of hydrogen-bond acceptors (Lipinski definition) is 6. The summed E-state index contributed by atoms with van der Waals surface area (Å²) in [4.78, 5) is 11.8. The van der Waals surface area contributed by atoms with Crippen molar-refractivity contribution in [3.8, 4) is 12.3 Å². The summed E-state index contributed by atoms with van der Waals surface area (Å²) >= 11 is 0. The quantitative estimate of drug-likeness (QED) is 0.480. The molecule has 1 aromatic carbocycles. The summed E-state index contributed by atoms with van der Waals surface area (Å²) in [6.07, 6.45) is 6.68. The van der Waals surface area contributed by atoms with Gasteiger partial charge in [-0.05, 0) is 5.56 Å². The molecule has 1 aliphatic rings. The van der Waals surface area contributed by atoms with Crippen LogP contribution in [0.2, 0.25) is 0 Å². The predicted octanol–water partition coefficient (Wildman–Crippen LogP) is 2.00. The molecule has 0 spiro atoms. The summed E-state index contributed by atoms with van der Waals surface area (Å²) in [6, 6.07) is 9.43. The van der Waals surface area contributed by atoms with Crippen LogP contribution in [0.15, 0.2) is 40.6 Å². The number of terminal acetylenes is 1. The highest BCUT2D eigenvalue weighted by molar-refractivity contribution is 7.90. The molecule has 7 nitrogen and oxygen atoms in total. The van der Waals surface area contributed by atoms with Crippen molar-refractivity contribution in [2.75, 3.05) is 12.4 Å². The summed E-state index contributed by atoms with van der Waals surface area (Å²) in [5.74, 6) is 1.66. The molecule has 1 heterocycles. The van der Waals surface area contributed by atoms with E-state index in [1.807, 2.05) is 35.1 Å². The van der Waals surface area contributed by atoms with E-state index in [1.54, 1.807) is 0 Å². The van der Waals surface area contributed by atoms with Gasteiger partial charge in [-0.3, -0.25) is 9.52 Å². The molecule has 0 saturated heterocycles. The molecule has 0 radical (unpaired) electrons. The van der Waals surface area contributed by atoms with E-state index in [4.69, 9.17) is 11.2 Å². The monoisotopic (exact) mass is 363 g/mol. The molecular weight excluding hydrogens is 342 g/mol. The summed E-state index contributed by atoms with van der Waals surface area (Å²) in [5.41, 5.74) is 0.366. The highest BCUT2D eigenvalue weighted by atomic mass is 32.2. The van der Waals surface area contributed by atoms with Crippen LogP contribution in [0, 0.1) is 12.3 Å². The second-order valence-electron chi connectivity index (χ2n) is 5.77. The first-order chi connectivity index (χ1) is 11.9. The first kappa shape index (κ1) is 19.1. The first-order valence-corrected chi connectivity index (χ1v) is 9.62. The Morgan fingerprint density at radius 3 is 2.60 bits per heavy atom. The minimum absolute atomic E-state index is 0.00822. The Morgan fingerprint density at radius 2 is 1.96 bits per heavy atom. The summed E-state index contributed by atoms with van der Waals surface area (Å²) in [6.45, 7) is 0.333. The Morgan fingerprint density at radius 1 is 1.24 bits per heavy atom. The molecule has 25 heavy (non-hydrogen) atoms.